The van der Waals surface area contributed by atoms with E-state index in [1.807, 2.05) is 6.92 Å². The summed E-state index contributed by atoms with van der Waals surface area (Å²) in [4.78, 5) is 15.6. The highest BCUT2D eigenvalue weighted by Crippen LogP contribution is 2.47. The molecule has 1 unspecified atom stereocenters. The van der Waals surface area contributed by atoms with E-state index in [-0.39, 0.29) is 11.9 Å². The van der Waals surface area contributed by atoms with Crippen molar-refractivity contribution in [2.45, 2.75) is 43.4 Å². The van der Waals surface area contributed by atoms with Crippen LogP contribution >= 0.6 is 0 Å². The molecule has 2 heterocycles. The maximum Gasteiger partial charge on any atom is 0.337 e. The number of aliphatic imine (C=N–C) groups is 1. The standard InChI is InChI=1S/C11H17N3O5/c1-3-2-4-8(17)13-10(12)14-11(4)6(15)5(3)19-9(18)7(11)16/h3-8,15-17H,2H2,1H3,(H3,12,13,14)/t3-,4?,5-,6-,7-,8-,11-/m1/s1/i9+1. The van der Waals surface area contributed by atoms with Gasteiger partial charge >= 0.3 is 5.97 Å². The van der Waals surface area contributed by atoms with Crippen molar-refractivity contribution in [3.05, 3.63) is 0 Å². The van der Waals surface area contributed by atoms with Crippen LogP contribution in [-0.4, -0.2) is 57.3 Å². The number of fused-ring (bicyclic) bond motifs is 1. The Morgan fingerprint density at radius 3 is 2.84 bits per heavy atom. The average Bonchev–Trinajstić information content (AvgIpc) is 2.33. The fraction of sp³-hybridized carbons (Fsp3) is 0.818. The minimum absolute atomic E-state index is 0.107. The zero-order chi connectivity index (χ0) is 13.9. The molecule has 6 N–H and O–H groups in total. The first-order valence-corrected chi connectivity index (χ1v) is 6.24. The van der Waals surface area contributed by atoms with Gasteiger partial charge in [-0.2, -0.15) is 0 Å². The summed E-state index contributed by atoms with van der Waals surface area (Å²) in [6, 6.07) is 0. The number of aliphatic hydroxyl groups excluding tert-OH is 3. The van der Waals surface area contributed by atoms with Gasteiger partial charge in [0.1, 0.15) is 17.7 Å². The fourth-order valence-electron chi connectivity index (χ4n) is 3.56. The summed E-state index contributed by atoms with van der Waals surface area (Å²) in [5.41, 5.74) is 4.14. The molecule has 2 bridgehead atoms. The van der Waals surface area contributed by atoms with Gasteiger partial charge in [0.25, 0.3) is 0 Å². The van der Waals surface area contributed by atoms with Crippen molar-refractivity contribution in [1.82, 2.24) is 5.32 Å². The summed E-state index contributed by atoms with van der Waals surface area (Å²) in [5, 5.41) is 33.3. The van der Waals surface area contributed by atoms with E-state index in [0.29, 0.717) is 6.42 Å². The molecule has 0 radical (unpaired) electrons. The van der Waals surface area contributed by atoms with Crippen molar-refractivity contribution >= 4 is 11.9 Å². The fourth-order valence-corrected chi connectivity index (χ4v) is 3.56. The molecular formula is C11H17N3O5. The lowest BCUT2D eigenvalue weighted by Crippen LogP contribution is -2.81. The summed E-state index contributed by atoms with van der Waals surface area (Å²) >= 11 is 0. The van der Waals surface area contributed by atoms with Crippen LogP contribution < -0.4 is 11.1 Å². The number of hydrogen-bond donors (Lipinski definition) is 5. The molecule has 2 aliphatic heterocycles. The first-order chi connectivity index (χ1) is 8.87. The second-order valence-electron chi connectivity index (χ2n) is 5.55. The third-order valence-corrected chi connectivity index (χ3v) is 4.50. The van der Waals surface area contributed by atoms with Crippen molar-refractivity contribution < 1.29 is 24.9 Å². The van der Waals surface area contributed by atoms with Crippen LogP contribution in [0.15, 0.2) is 4.99 Å². The lowest BCUT2D eigenvalue weighted by molar-refractivity contribution is -0.235. The monoisotopic (exact) mass is 272 g/mol. The molecule has 1 spiro atoms. The summed E-state index contributed by atoms with van der Waals surface area (Å²) in [6.07, 6.45) is -4.19. The van der Waals surface area contributed by atoms with E-state index in [0.717, 1.165) is 0 Å². The van der Waals surface area contributed by atoms with Crippen molar-refractivity contribution in [3.63, 3.8) is 0 Å². The molecule has 0 aromatic rings. The van der Waals surface area contributed by atoms with Crippen molar-refractivity contribution in [1.29, 1.82) is 0 Å². The molecule has 106 valence electrons. The van der Waals surface area contributed by atoms with Gasteiger partial charge in [0.15, 0.2) is 18.3 Å². The molecule has 1 saturated carbocycles. The molecule has 8 nitrogen and oxygen atoms in total. The number of hydrogen-bond acceptors (Lipinski definition) is 8. The number of aliphatic hydroxyl groups is 3. The summed E-state index contributed by atoms with van der Waals surface area (Å²) < 4.78 is 5.07. The van der Waals surface area contributed by atoms with Crippen LogP contribution in [0, 0.1) is 11.8 Å². The SMILES string of the molecule is C[C@@H]1CC2[C@@H](O)N=C(N)N[C@@]23[C@H](O)[C@@H]1O[13C](=O)[C@H]3O. The first kappa shape index (κ1) is 12.6. The largest absolute Gasteiger partial charge is 0.457 e. The maximum absolute atomic E-state index is 11.8. The smallest absolute Gasteiger partial charge is 0.337 e. The molecule has 2 fully saturated rings. The molecule has 3 rings (SSSR count). The Balaban J connectivity index is 2.13. The Kier molecular flexibility index (Phi) is 2.54. The van der Waals surface area contributed by atoms with Crippen molar-refractivity contribution in [2.75, 3.05) is 0 Å². The molecule has 7 atom stereocenters. The molecule has 0 aromatic heterocycles. The van der Waals surface area contributed by atoms with Gasteiger partial charge in [0.05, 0.1) is 0 Å². The quantitative estimate of drug-likeness (QED) is 0.238. The van der Waals surface area contributed by atoms with Crippen LogP contribution in [-0.2, 0) is 9.53 Å². The van der Waals surface area contributed by atoms with Crippen LogP contribution in [0.25, 0.3) is 0 Å². The molecular weight excluding hydrogens is 255 g/mol. The third-order valence-electron chi connectivity index (χ3n) is 4.50. The number of nitrogens with one attached hydrogen (secondary N) is 1. The second kappa shape index (κ2) is 3.81. The number of rotatable bonds is 0. The highest BCUT2D eigenvalue weighted by Gasteiger charge is 2.67. The van der Waals surface area contributed by atoms with Gasteiger partial charge in [-0.1, -0.05) is 6.92 Å². The van der Waals surface area contributed by atoms with E-state index in [9.17, 15) is 20.1 Å². The molecule has 1 saturated heterocycles. The molecule has 3 aliphatic rings. The summed E-state index contributed by atoms with van der Waals surface area (Å²) in [5.74, 6) is -1.68. The predicted octanol–water partition coefficient (Wildman–Crippen LogP) is -2.74. The van der Waals surface area contributed by atoms with E-state index >= 15 is 0 Å². The van der Waals surface area contributed by atoms with E-state index in [4.69, 9.17) is 10.5 Å². The van der Waals surface area contributed by atoms with Gasteiger partial charge in [-0.15, -0.1) is 0 Å². The Hall–Kier alpha value is -1.38. The van der Waals surface area contributed by atoms with Gasteiger partial charge in [0.2, 0.25) is 0 Å². The Morgan fingerprint density at radius 1 is 1.47 bits per heavy atom. The zero-order valence-electron chi connectivity index (χ0n) is 10.4. The third kappa shape index (κ3) is 1.44. The zero-order valence-corrected chi connectivity index (χ0v) is 10.4. The lowest BCUT2D eigenvalue weighted by Gasteiger charge is -2.58. The minimum atomic E-state index is -1.60. The van der Waals surface area contributed by atoms with Crippen LogP contribution in [0.4, 0.5) is 0 Å². The highest BCUT2D eigenvalue weighted by atomic mass is 16.7. The van der Waals surface area contributed by atoms with E-state index < -0.39 is 42.0 Å². The number of ether oxygens (including phenoxy) is 1. The van der Waals surface area contributed by atoms with Crippen LogP contribution in [0.2, 0.25) is 0 Å². The van der Waals surface area contributed by atoms with Crippen LogP contribution in [0.1, 0.15) is 13.3 Å². The molecule has 0 aromatic carbocycles. The average molecular weight is 272 g/mol. The summed E-state index contributed by atoms with van der Waals surface area (Å²) in [6.45, 7) is 1.82. The highest BCUT2D eigenvalue weighted by molar-refractivity contribution is 5.84. The molecule has 19 heavy (non-hydrogen) atoms. The van der Waals surface area contributed by atoms with Crippen LogP contribution in [0.3, 0.4) is 0 Å². The number of nitrogens with two attached hydrogens (primary N) is 1. The number of carbonyl (C=O) groups excluding carboxylic acids is 1. The van der Waals surface area contributed by atoms with Gasteiger partial charge in [0, 0.05) is 5.92 Å². The van der Waals surface area contributed by atoms with Gasteiger partial charge in [-0.3, -0.25) is 0 Å². The maximum atomic E-state index is 11.8. The normalized spacial score (nSPS) is 52.6. The number of nitrogens with zero attached hydrogens (tertiary/aromatic N) is 1. The summed E-state index contributed by atoms with van der Waals surface area (Å²) in [7, 11) is 0. The van der Waals surface area contributed by atoms with Crippen molar-refractivity contribution in [3.8, 4) is 0 Å². The molecule has 0 amide bonds. The second-order valence-corrected chi connectivity index (χ2v) is 5.55. The number of guanidine groups is 1. The van der Waals surface area contributed by atoms with Gasteiger partial charge < -0.3 is 31.1 Å². The first-order valence-electron chi connectivity index (χ1n) is 6.24. The topological polar surface area (TPSA) is 137 Å². The van der Waals surface area contributed by atoms with Crippen molar-refractivity contribution in [2.24, 2.45) is 22.6 Å². The Labute approximate surface area is 109 Å². The lowest BCUT2D eigenvalue weighted by atomic mass is 9.62. The minimum Gasteiger partial charge on any atom is -0.457 e. The van der Waals surface area contributed by atoms with E-state index in [2.05, 4.69) is 10.3 Å². The van der Waals surface area contributed by atoms with E-state index in [1.165, 1.54) is 0 Å². The Morgan fingerprint density at radius 2 is 2.16 bits per heavy atom. The van der Waals surface area contributed by atoms with Gasteiger partial charge in [-0.25, -0.2) is 9.79 Å². The predicted molar refractivity (Wildman–Crippen MR) is 62.7 cm³/mol. The number of esters is 1. The van der Waals surface area contributed by atoms with Crippen LogP contribution in [0.5, 0.6) is 0 Å². The van der Waals surface area contributed by atoms with E-state index in [1.54, 1.807) is 0 Å². The molecule has 8 heteroatoms. The molecule has 1 aliphatic carbocycles. The number of carbonyl (C=O) groups is 1. The Bertz CT molecular complexity index is 456. The van der Waals surface area contributed by atoms with Gasteiger partial charge in [-0.05, 0) is 12.3 Å².